The van der Waals surface area contributed by atoms with Crippen molar-refractivity contribution in [2.24, 2.45) is 0 Å². The molecule has 2 rings (SSSR count). The Morgan fingerprint density at radius 3 is 2.73 bits per heavy atom. The summed E-state index contributed by atoms with van der Waals surface area (Å²) in [6.45, 7) is 2.01. The van der Waals surface area contributed by atoms with Crippen molar-refractivity contribution < 1.29 is 5.11 Å². The van der Waals surface area contributed by atoms with Crippen LogP contribution in [0.1, 0.15) is 22.8 Å². The lowest BCUT2D eigenvalue weighted by Gasteiger charge is -2.12. The van der Waals surface area contributed by atoms with Gasteiger partial charge in [-0.15, -0.1) is 0 Å². The third-order valence-corrected chi connectivity index (χ3v) is 3.58. The molecule has 0 aliphatic heterocycles. The number of thiophene rings is 1. The van der Waals surface area contributed by atoms with E-state index in [9.17, 15) is 5.11 Å². The molecule has 0 bridgehead atoms. The Bertz CT molecular complexity index is 451. The summed E-state index contributed by atoms with van der Waals surface area (Å²) >= 11 is 5.02. The summed E-state index contributed by atoms with van der Waals surface area (Å²) in [5.41, 5.74) is 3.03. The largest absolute Gasteiger partial charge is 0.384 e. The highest BCUT2D eigenvalue weighted by Gasteiger charge is 2.12. The number of benzene rings is 1. The van der Waals surface area contributed by atoms with Crippen LogP contribution in [-0.4, -0.2) is 5.11 Å². The lowest BCUT2D eigenvalue weighted by atomic mass is 10.00. The van der Waals surface area contributed by atoms with Gasteiger partial charge in [0.1, 0.15) is 6.10 Å². The van der Waals surface area contributed by atoms with Gasteiger partial charge in [0.25, 0.3) is 0 Å². The van der Waals surface area contributed by atoms with Crippen molar-refractivity contribution in [2.45, 2.75) is 13.0 Å². The first-order chi connectivity index (χ1) is 7.18. The minimum Gasteiger partial charge on any atom is -0.384 e. The fourth-order valence-electron chi connectivity index (χ4n) is 1.56. The molecule has 1 heterocycles. The molecular formula is C12H11BrOS. The van der Waals surface area contributed by atoms with Crippen LogP contribution in [0.5, 0.6) is 0 Å². The molecule has 0 fully saturated rings. The highest BCUT2D eigenvalue weighted by atomic mass is 79.9. The summed E-state index contributed by atoms with van der Waals surface area (Å²) in [6, 6.07) is 7.89. The molecule has 0 saturated carbocycles. The summed E-state index contributed by atoms with van der Waals surface area (Å²) in [5, 5.41) is 14.1. The van der Waals surface area contributed by atoms with E-state index in [2.05, 4.69) is 15.9 Å². The van der Waals surface area contributed by atoms with E-state index < -0.39 is 6.10 Å². The Hall–Kier alpha value is -0.640. The van der Waals surface area contributed by atoms with E-state index >= 15 is 0 Å². The van der Waals surface area contributed by atoms with E-state index in [0.29, 0.717) is 0 Å². The lowest BCUT2D eigenvalue weighted by Crippen LogP contribution is -2.00. The van der Waals surface area contributed by atoms with Crippen LogP contribution in [-0.2, 0) is 0 Å². The first-order valence-electron chi connectivity index (χ1n) is 4.64. The highest BCUT2D eigenvalue weighted by Crippen LogP contribution is 2.27. The topological polar surface area (TPSA) is 20.2 Å². The predicted molar refractivity (Wildman–Crippen MR) is 67.3 cm³/mol. The summed E-state index contributed by atoms with van der Waals surface area (Å²) in [5.74, 6) is 0. The van der Waals surface area contributed by atoms with Gasteiger partial charge in [0, 0.05) is 4.47 Å². The maximum Gasteiger partial charge on any atom is 0.105 e. The minimum atomic E-state index is -0.510. The molecule has 0 spiro atoms. The van der Waals surface area contributed by atoms with Gasteiger partial charge in [-0.1, -0.05) is 22.0 Å². The summed E-state index contributed by atoms with van der Waals surface area (Å²) < 4.78 is 1.04. The van der Waals surface area contributed by atoms with Crippen molar-refractivity contribution in [1.82, 2.24) is 0 Å². The molecule has 3 heteroatoms. The number of rotatable bonds is 2. The van der Waals surface area contributed by atoms with E-state index in [1.165, 1.54) is 0 Å². The quantitative estimate of drug-likeness (QED) is 0.886. The Balaban J connectivity index is 2.38. The molecule has 1 atom stereocenters. The average Bonchev–Trinajstić information content (AvgIpc) is 2.69. The number of hydrogen-bond donors (Lipinski definition) is 1. The summed E-state index contributed by atoms with van der Waals surface area (Å²) in [4.78, 5) is 0. The first-order valence-corrected chi connectivity index (χ1v) is 6.38. The molecule has 2 aromatic rings. The first kappa shape index (κ1) is 10.9. The van der Waals surface area contributed by atoms with Gasteiger partial charge >= 0.3 is 0 Å². The van der Waals surface area contributed by atoms with E-state index in [1.54, 1.807) is 11.3 Å². The standard InChI is InChI=1S/C12H11BrOS/c1-8-6-10(13)2-3-11(8)12(14)9-4-5-15-7-9/h2-7,12,14H,1H3. The zero-order valence-electron chi connectivity index (χ0n) is 8.27. The Kier molecular flexibility index (Phi) is 3.24. The molecule has 1 unspecified atom stereocenters. The molecule has 15 heavy (non-hydrogen) atoms. The number of hydrogen-bond acceptors (Lipinski definition) is 2. The van der Waals surface area contributed by atoms with Crippen molar-refractivity contribution in [1.29, 1.82) is 0 Å². The van der Waals surface area contributed by atoms with Crippen LogP contribution < -0.4 is 0 Å². The number of aliphatic hydroxyl groups is 1. The molecule has 1 nitrogen and oxygen atoms in total. The fourth-order valence-corrected chi connectivity index (χ4v) is 2.71. The second kappa shape index (κ2) is 4.47. The van der Waals surface area contributed by atoms with E-state index in [-0.39, 0.29) is 0 Å². The maximum atomic E-state index is 10.1. The summed E-state index contributed by atoms with van der Waals surface area (Å²) in [6.07, 6.45) is -0.510. The van der Waals surface area contributed by atoms with Crippen LogP contribution in [0.4, 0.5) is 0 Å². The molecular weight excluding hydrogens is 272 g/mol. The monoisotopic (exact) mass is 282 g/mol. The van der Waals surface area contributed by atoms with Crippen molar-refractivity contribution in [3.05, 3.63) is 56.2 Å². The lowest BCUT2D eigenvalue weighted by molar-refractivity contribution is 0.220. The molecule has 0 amide bonds. The molecule has 78 valence electrons. The van der Waals surface area contributed by atoms with Gasteiger partial charge in [-0.25, -0.2) is 0 Å². The zero-order chi connectivity index (χ0) is 10.8. The number of halogens is 1. The van der Waals surface area contributed by atoms with Crippen molar-refractivity contribution in [3.8, 4) is 0 Å². The average molecular weight is 283 g/mol. The molecule has 1 aromatic carbocycles. The number of aliphatic hydroxyl groups excluding tert-OH is 1. The second-order valence-corrected chi connectivity index (χ2v) is 5.16. The smallest absolute Gasteiger partial charge is 0.105 e. The fraction of sp³-hybridized carbons (Fsp3) is 0.167. The normalized spacial score (nSPS) is 12.7. The van der Waals surface area contributed by atoms with E-state index in [4.69, 9.17) is 0 Å². The Morgan fingerprint density at radius 1 is 1.33 bits per heavy atom. The molecule has 0 aliphatic rings. The molecule has 0 radical (unpaired) electrons. The van der Waals surface area contributed by atoms with Crippen LogP contribution in [0.2, 0.25) is 0 Å². The summed E-state index contributed by atoms with van der Waals surface area (Å²) in [7, 11) is 0. The van der Waals surface area contributed by atoms with Gasteiger partial charge in [-0.3, -0.25) is 0 Å². The third-order valence-electron chi connectivity index (χ3n) is 2.39. The van der Waals surface area contributed by atoms with Crippen LogP contribution >= 0.6 is 27.3 Å². The third kappa shape index (κ3) is 2.30. The van der Waals surface area contributed by atoms with Gasteiger partial charge in [-0.05, 0) is 52.6 Å². The highest BCUT2D eigenvalue weighted by molar-refractivity contribution is 9.10. The van der Waals surface area contributed by atoms with Crippen LogP contribution in [0, 0.1) is 6.92 Å². The van der Waals surface area contributed by atoms with E-state index in [1.807, 2.05) is 41.9 Å². The van der Waals surface area contributed by atoms with Crippen LogP contribution in [0.25, 0.3) is 0 Å². The van der Waals surface area contributed by atoms with Crippen molar-refractivity contribution >= 4 is 27.3 Å². The minimum absolute atomic E-state index is 0.510. The SMILES string of the molecule is Cc1cc(Br)ccc1C(O)c1ccsc1. The van der Waals surface area contributed by atoms with Gasteiger partial charge in [-0.2, -0.15) is 11.3 Å². The predicted octanol–water partition coefficient (Wildman–Crippen LogP) is 3.90. The van der Waals surface area contributed by atoms with Crippen molar-refractivity contribution in [2.75, 3.05) is 0 Å². The molecule has 1 N–H and O–H groups in total. The Morgan fingerprint density at radius 2 is 2.13 bits per heavy atom. The van der Waals surface area contributed by atoms with Crippen LogP contribution in [0.3, 0.4) is 0 Å². The zero-order valence-corrected chi connectivity index (χ0v) is 10.7. The molecule has 0 saturated heterocycles. The number of aryl methyl sites for hydroxylation is 1. The Labute approximate surface area is 102 Å². The van der Waals surface area contributed by atoms with Crippen molar-refractivity contribution in [3.63, 3.8) is 0 Å². The van der Waals surface area contributed by atoms with Gasteiger partial charge in [0.15, 0.2) is 0 Å². The van der Waals surface area contributed by atoms with Gasteiger partial charge < -0.3 is 5.11 Å². The maximum absolute atomic E-state index is 10.1. The van der Waals surface area contributed by atoms with Crippen LogP contribution in [0.15, 0.2) is 39.5 Å². The van der Waals surface area contributed by atoms with Gasteiger partial charge in [0.2, 0.25) is 0 Å². The van der Waals surface area contributed by atoms with Gasteiger partial charge in [0.05, 0.1) is 0 Å². The molecule has 1 aromatic heterocycles. The van der Waals surface area contributed by atoms with E-state index in [0.717, 1.165) is 21.2 Å². The second-order valence-electron chi connectivity index (χ2n) is 3.46. The molecule has 0 aliphatic carbocycles.